The largest absolute Gasteiger partial charge is 0.339 e. The number of amides is 1. The van der Waals surface area contributed by atoms with Crippen molar-refractivity contribution in [2.75, 3.05) is 26.2 Å². The van der Waals surface area contributed by atoms with Crippen LogP contribution in [0.5, 0.6) is 0 Å². The highest BCUT2D eigenvalue weighted by Crippen LogP contribution is 2.17. The summed E-state index contributed by atoms with van der Waals surface area (Å²) in [4.78, 5) is 16.7. The Bertz CT molecular complexity index is 510. The number of carbonyl (C=O) groups excluding carboxylic acids is 1. The molecular weight excluding hydrogens is 298 g/mol. The van der Waals surface area contributed by atoms with Gasteiger partial charge in [0, 0.05) is 37.7 Å². The predicted molar refractivity (Wildman–Crippen MR) is 90.8 cm³/mol. The van der Waals surface area contributed by atoms with Crippen LogP contribution >= 0.6 is 11.6 Å². The van der Waals surface area contributed by atoms with E-state index in [0.717, 1.165) is 50.6 Å². The van der Waals surface area contributed by atoms with Gasteiger partial charge in [-0.1, -0.05) is 37.1 Å². The van der Waals surface area contributed by atoms with E-state index in [9.17, 15) is 4.79 Å². The number of rotatable bonds is 5. The average molecular weight is 324 g/mol. The van der Waals surface area contributed by atoms with Gasteiger partial charge in [0.25, 0.3) is 0 Å². The zero-order valence-corrected chi connectivity index (χ0v) is 14.3. The Hall–Kier alpha value is -1.10. The Morgan fingerprint density at radius 2 is 2.00 bits per heavy atom. The Labute approximate surface area is 138 Å². The minimum absolute atomic E-state index is 0.0803. The summed E-state index contributed by atoms with van der Waals surface area (Å²) in [5.74, 6) is 0.0803. The van der Waals surface area contributed by atoms with Crippen LogP contribution in [0.25, 0.3) is 0 Å². The van der Waals surface area contributed by atoms with E-state index >= 15 is 0 Å². The van der Waals surface area contributed by atoms with Crippen molar-refractivity contribution in [1.29, 1.82) is 0 Å². The van der Waals surface area contributed by atoms with Crippen molar-refractivity contribution in [1.82, 2.24) is 9.80 Å². The molecule has 1 amide bonds. The number of piperazine rings is 1. The first-order chi connectivity index (χ1) is 10.4. The molecule has 1 aromatic rings. The number of nitrogens with two attached hydrogens (primary N) is 1. The van der Waals surface area contributed by atoms with E-state index in [1.807, 2.05) is 30.0 Å². The molecule has 1 unspecified atom stereocenters. The Balaban J connectivity index is 1.86. The fourth-order valence-corrected chi connectivity index (χ4v) is 3.20. The summed E-state index contributed by atoms with van der Waals surface area (Å²) in [7, 11) is 0. The molecule has 0 bridgehead atoms. The van der Waals surface area contributed by atoms with Crippen LogP contribution in [0.3, 0.4) is 0 Å². The average Bonchev–Trinajstić information content (AvgIpc) is 2.47. The molecule has 1 saturated heterocycles. The first-order valence-corrected chi connectivity index (χ1v) is 8.35. The van der Waals surface area contributed by atoms with Crippen molar-refractivity contribution in [3.63, 3.8) is 0 Å². The summed E-state index contributed by atoms with van der Waals surface area (Å²) in [5, 5.41) is 0.768. The minimum atomic E-state index is -0.732. The third-order valence-corrected chi connectivity index (χ3v) is 4.45. The molecule has 0 aromatic heterocycles. The lowest BCUT2D eigenvalue weighted by Gasteiger charge is -2.38. The first kappa shape index (κ1) is 17.3. The van der Waals surface area contributed by atoms with Crippen LogP contribution in [0.1, 0.15) is 32.3 Å². The first-order valence-electron chi connectivity index (χ1n) is 7.97. The van der Waals surface area contributed by atoms with Crippen LogP contribution in [-0.4, -0.2) is 47.4 Å². The molecule has 0 spiro atoms. The van der Waals surface area contributed by atoms with Gasteiger partial charge in [-0.05, 0) is 31.0 Å². The summed E-state index contributed by atoms with van der Waals surface area (Å²) in [5.41, 5.74) is 6.63. The van der Waals surface area contributed by atoms with Gasteiger partial charge < -0.3 is 10.6 Å². The second-order valence-electron chi connectivity index (χ2n) is 6.37. The smallest absolute Gasteiger partial charge is 0.242 e. The number of benzene rings is 1. The molecule has 1 aliphatic heterocycles. The molecule has 1 fully saturated rings. The lowest BCUT2D eigenvalue weighted by molar-refractivity contribution is -0.138. The molecule has 122 valence electrons. The summed E-state index contributed by atoms with van der Waals surface area (Å²) in [6.07, 6.45) is 1.65. The summed E-state index contributed by atoms with van der Waals surface area (Å²) < 4.78 is 0. The fourth-order valence-electron chi connectivity index (χ4n) is 2.99. The van der Waals surface area contributed by atoms with Gasteiger partial charge >= 0.3 is 0 Å². The van der Waals surface area contributed by atoms with Crippen molar-refractivity contribution >= 4 is 17.5 Å². The fraction of sp³-hybridized carbons (Fsp3) is 0.588. The Morgan fingerprint density at radius 3 is 2.59 bits per heavy atom. The zero-order chi connectivity index (χ0) is 16.2. The summed E-state index contributed by atoms with van der Waals surface area (Å²) >= 11 is 6.02. The van der Waals surface area contributed by atoms with E-state index in [-0.39, 0.29) is 5.91 Å². The molecule has 0 aliphatic carbocycles. The molecule has 1 aliphatic rings. The van der Waals surface area contributed by atoms with Crippen molar-refractivity contribution in [2.45, 2.75) is 38.8 Å². The molecule has 22 heavy (non-hydrogen) atoms. The molecule has 0 saturated carbocycles. The SMILES string of the molecule is CCCC(C)(N)C(=O)N1CCN(Cc2cccc(Cl)c2)CC1. The van der Waals surface area contributed by atoms with E-state index < -0.39 is 5.54 Å². The van der Waals surface area contributed by atoms with Crippen molar-refractivity contribution in [3.8, 4) is 0 Å². The zero-order valence-electron chi connectivity index (χ0n) is 13.5. The van der Waals surface area contributed by atoms with Crippen LogP contribution in [0.2, 0.25) is 5.02 Å². The third-order valence-electron chi connectivity index (χ3n) is 4.21. The monoisotopic (exact) mass is 323 g/mol. The molecule has 2 N–H and O–H groups in total. The molecule has 1 atom stereocenters. The lowest BCUT2D eigenvalue weighted by Crippen LogP contribution is -2.58. The minimum Gasteiger partial charge on any atom is -0.339 e. The van der Waals surface area contributed by atoms with Crippen molar-refractivity contribution in [2.24, 2.45) is 5.73 Å². The van der Waals surface area contributed by atoms with Crippen molar-refractivity contribution in [3.05, 3.63) is 34.9 Å². The highest BCUT2D eigenvalue weighted by Gasteiger charge is 2.33. The van der Waals surface area contributed by atoms with Gasteiger partial charge in [0.15, 0.2) is 0 Å². The highest BCUT2D eigenvalue weighted by atomic mass is 35.5. The molecule has 1 aromatic carbocycles. The second-order valence-corrected chi connectivity index (χ2v) is 6.80. The van der Waals surface area contributed by atoms with Crippen LogP contribution in [0.15, 0.2) is 24.3 Å². The maximum absolute atomic E-state index is 12.5. The predicted octanol–water partition coefficient (Wildman–Crippen LogP) is 2.50. The standard InChI is InChI=1S/C17H26ClN3O/c1-3-7-17(2,19)16(22)21-10-8-20(9-11-21)13-14-5-4-6-15(18)12-14/h4-6,12H,3,7-11,13,19H2,1-2H3. The van der Waals surface area contributed by atoms with E-state index in [4.69, 9.17) is 17.3 Å². The Morgan fingerprint density at radius 1 is 1.32 bits per heavy atom. The quantitative estimate of drug-likeness (QED) is 0.905. The maximum atomic E-state index is 12.5. The summed E-state index contributed by atoms with van der Waals surface area (Å²) in [6.45, 7) is 8.02. The maximum Gasteiger partial charge on any atom is 0.242 e. The highest BCUT2D eigenvalue weighted by molar-refractivity contribution is 6.30. The third kappa shape index (κ3) is 4.45. The molecule has 1 heterocycles. The molecule has 0 radical (unpaired) electrons. The topological polar surface area (TPSA) is 49.6 Å². The van der Waals surface area contributed by atoms with Crippen LogP contribution in [0.4, 0.5) is 0 Å². The van der Waals surface area contributed by atoms with Gasteiger partial charge in [-0.3, -0.25) is 9.69 Å². The van der Waals surface area contributed by atoms with Gasteiger partial charge in [-0.15, -0.1) is 0 Å². The summed E-state index contributed by atoms with van der Waals surface area (Å²) in [6, 6.07) is 7.94. The van der Waals surface area contributed by atoms with Crippen LogP contribution < -0.4 is 5.73 Å². The van der Waals surface area contributed by atoms with Gasteiger partial charge in [0.05, 0.1) is 5.54 Å². The van der Waals surface area contributed by atoms with E-state index in [1.54, 1.807) is 0 Å². The van der Waals surface area contributed by atoms with E-state index in [0.29, 0.717) is 0 Å². The molecular formula is C17H26ClN3O. The van der Waals surface area contributed by atoms with Gasteiger partial charge in [-0.25, -0.2) is 0 Å². The number of hydrogen-bond acceptors (Lipinski definition) is 3. The molecule has 4 nitrogen and oxygen atoms in total. The molecule has 5 heteroatoms. The van der Waals surface area contributed by atoms with Gasteiger partial charge in [-0.2, -0.15) is 0 Å². The van der Waals surface area contributed by atoms with Crippen LogP contribution in [-0.2, 0) is 11.3 Å². The van der Waals surface area contributed by atoms with Gasteiger partial charge in [0.1, 0.15) is 0 Å². The van der Waals surface area contributed by atoms with E-state index in [2.05, 4.69) is 17.9 Å². The lowest BCUT2D eigenvalue weighted by atomic mass is 9.95. The van der Waals surface area contributed by atoms with E-state index in [1.165, 1.54) is 5.56 Å². The number of nitrogens with zero attached hydrogens (tertiary/aromatic N) is 2. The number of halogens is 1. The second kappa shape index (κ2) is 7.44. The number of carbonyl (C=O) groups is 1. The number of hydrogen-bond donors (Lipinski definition) is 1. The van der Waals surface area contributed by atoms with Crippen molar-refractivity contribution < 1.29 is 4.79 Å². The Kier molecular flexibility index (Phi) is 5.84. The molecule has 2 rings (SSSR count). The van der Waals surface area contributed by atoms with Gasteiger partial charge in [0.2, 0.25) is 5.91 Å². The normalized spacial score (nSPS) is 19.0. The van der Waals surface area contributed by atoms with Crippen LogP contribution in [0, 0.1) is 0 Å².